The molecule has 0 heterocycles. The highest BCUT2D eigenvalue weighted by molar-refractivity contribution is 7.88. The second-order valence-electron chi connectivity index (χ2n) is 5.64. The Morgan fingerprint density at radius 2 is 1.12 bits per heavy atom. The van der Waals surface area contributed by atoms with Gasteiger partial charge in [0.05, 0.1) is 33.0 Å². The molecule has 1 atom stereocenters. The topological polar surface area (TPSA) is 109 Å². The summed E-state index contributed by atoms with van der Waals surface area (Å²) in [4.78, 5) is 0. The number of nitrogens with two attached hydrogens (primary N) is 1. The Bertz CT molecular complexity index is 321. The number of rotatable bonds is 20. The minimum Gasteiger partial charge on any atom is -0.379 e. The zero-order valence-corrected chi connectivity index (χ0v) is 16.3. The summed E-state index contributed by atoms with van der Waals surface area (Å²) >= 11 is 0. The molecule has 0 amide bonds. The summed E-state index contributed by atoms with van der Waals surface area (Å²) in [6, 6.07) is 0. The molecule has 1 radical (unpaired) electrons. The largest absolute Gasteiger partial charge is 0.564 e. The van der Waals surface area contributed by atoms with E-state index in [9.17, 15) is 8.76 Å². The number of unbranched alkanes of at least 4 members (excludes halogenated alkanes) is 7. The minimum atomic E-state index is -4.09. The molecule has 0 aromatic carbocycles. The Morgan fingerprint density at radius 1 is 0.680 bits per heavy atom. The first-order chi connectivity index (χ1) is 12.1. The molecule has 0 aromatic rings. The van der Waals surface area contributed by atoms with Crippen molar-refractivity contribution >= 4 is 10.8 Å². The van der Waals surface area contributed by atoms with Gasteiger partial charge in [0.1, 0.15) is 11.2 Å². The maximum absolute atomic E-state index is 10.7. The van der Waals surface area contributed by atoms with Crippen LogP contribution in [0.5, 0.6) is 0 Å². The molecular formula is C16H35NO7S+. The fourth-order valence-electron chi connectivity index (χ4n) is 2.10. The summed E-state index contributed by atoms with van der Waals surface area (Å²) in [7, 11) is -4.09. The quantitative estimate of drug-likeness (QED) is 0.195. The van der Waals surface area contributed by atoms with Gasteiger partial charge in [-0.15, -0.1) is 4.18 Å². The molecule has 2 N–H and O–H groups in total. The van der Waals surface area contributed by atoms with E-state index >= 15 is 0 Å². The van der Waals surface area contributed by atoms with Gasteiger partial charge in [-0.3, -0.25) is 0 Å². The van der Waals surface area contributed by atoms with Crippen LogP contribution in [0, 0.1) is 0 Å². The van der Waals surface area contributed by atoms with Gasteiger partial charge in [0.25, 0.3) is 0 Å². The minimum absolute atomic E-state index is 0.112. The van der Waals surface area contributed by atoms with Crippen molar-refractivity contribution in [2.75, 3.05) is 46.2 Å². The molecule has 9 heteroatoms. The number of hydrogen-bond donors (Lipinski definition) is 1. The van der Waals surface area contributed by atoms with Gasteiger partial charge in [-0.1, -0.05) is 51.9 Å². The smallest absolute Gasteiger partial charge is 0.379 e. The molecule has 0 saturated carbocycles. The van der Waals surface area contributed by atoms with E-state index < -0.39 is 10.8 Å². The lowest BCUT2D eigenvalue weighted by atomic mass is 10.1. The molecule has 0 aliphatic heterocycles. The van der Waals surface area contributed by atoms with E-state index in [1.54, 1.807) is 0 Å². The van der Waals surface area contributed by atoms with Crippen LogP contribution in [0.2, 0.25) is 0 Å². The molecule has 0 aliphatic carbocycles. The van der Waals surface area contributed by atoms with Crippen molar-refractivity contribution in [1.82, 2.24) is 0 Å². The molecule has 0 bridgehead atoms. The molecule has 0 rings (SSSR count). The first kappa shape index (κ1) is 24.9. The van der Waals surface area contributed by atoms with Crippen LogP contribution in [-0.2, 0) is 42.2 Å². The van der Waals surface area contributed by atoms with Crippen LogP contribution in [0.15, 0.2) is 0 Å². The van der Waals surface area contributed by atoms with E-state index in [2.05, 4.69) is 21.3 Å². The predicted octanol–water partition coefficient (Wildman–Crippen LogP) is 2.76. The Kier molecular flexibility index (Phi) is 18.6. The molecule has 25 heavy (non-hydrogen) atoms. The summed E-state index contributed by atoms with van der Waals surface area (Å²) in [5, 5.41) is 0. The third-order valence-corrected chi connectivity index (χ3v) is 4.15. The van der Waals surface area contributed by atoms with Gasteiger partial charge in [-0.05, 0) is 10.7 Å². The van der Waals surface area contributed by atoms with Crippen LogP contribution in [-0.4, -0.2) is 46.2 Å². The van der Waals surface area contributed by atoms with Crippen LogP contribution in [0.3, 0.4) is 0 Å². The summed E-state index contributed by atoms with van der Waals surface area (Å²) < 4.78 is 45.3. The van der Waals surface area contributed by atoms with Gasteiger partial charge < -0.3 is 14.2 Å². The van der Waals surface area contributed by atoms with Gasteiger partial charge in [0, 0.05) is 10.8 Å². The van der Waals surface area contributed by atoms with Crippen molar-refractivity contribution in [3.8, 4) is 0 Å². The first-order valence-corrected chi connectivity index (χ1v) is 10.5. The lowest BCUT2D eigenvalue weighted by Gasteiger charge is -2.06. The fraction of sp³-hybridized carbons (Fsp3) is 1.00. The molecule has 8 nitrogen and oxygen atoms in total. The Morgan fingerprint density at radius 3 is 1.64 bits per heavy atom. The molecule has 0 spiro atoms. The van der Waals surface area contributed by atoms with Gasteiger partial charge in [-0.25, -0.2) is 0 Å². The van der Waals surface area contributed by atoms with E-state index in [1.165, 1.54) is 44.9 Å². The van der Waals surface area contributed by atoms with Gasteiger partial charge in [-0.2, -0.15) is 5.90 Å². The van der Waals surface area contributed by atoms with E-state index in [0.29, 0.717) is 26.4 Å². The Hall–Kier alpha value is -0.130. The highest BCUT2D eigenvalue weighted by Gasteiger charge is 2.32. The normalized spacial score (nSPS) is 13.9. The second-order valence-corrected chi connectivity index (χ2v) is 6.88. The molecule has 151 valence electrons. The van der Waals surface area contributed by atoms with Crippen LogP contribution < -0.4 is 5.90 Å². The number of ether oxygens (including phenoxy) is 3. The molecule has 0 aromatic heterocycles. The van der Waals surface area contributed by atoms with Crippen molar-refractivity contribution < 1.29 is 31.4 Å². The highest BCUT2D eigenvalue weighted by atomic mass is 32.3. The molecule has 1 unspecified atom stereocenters. The SMILES string of the molecule is CCCCCCCCCCOCCOCCOCCO[S+]([O])(=O)ON. The fourth-order valence-corrected chi connectivity index (χ4v) is 2.43. The summed E-state index contributed by atoms with van der Waals surface area (Å²) in [5.74, 6) is 4.50. The third kappa shape index (κ3) is 20.0. The Balaban J connectivity index is 3.06. The van der Waals surface area contributed by atoms with Crippen LogP contribution in [0.4, 0.5) is 0 Å². The van der Waals surface area contributed by atoms with E-state index in [4.69, 9.17) is 14.2 Å². The van der Waals surface area contributed by atoms with E-state index in [-0.39, 0.29) is 13.2 Å². The third-order valence-electron chi connectivity index (χ3n) is 3.46. The second kappa shape index (κ2) is 18.7. The maximum Gasteiger partial charge on any atom is 0.564 e. The summed E-state index contributed by atoms with van der Waals surface area (Å²) in [6.45, 7) is 4.84. The average Bonchev–Trinajstić information content (AvgIpc) is 2.60. The molecule has 0 saturated heterocycles. The van der Waals surface area contributed by atoms with E-state index in [0.717, 1.165) is 13.0 Å². The monoisotopic (exact) mass is 385 g/mol. The summed E-state index contributed by atoms with van der Waals surface area (Å²) in [5.41, 5.74) is 0. The van der Waals surface area contributed by atoms with Crippen LogP contribution in [0.1, 0.15) is 58.3 Å². The average molecular weight is 386 g/mol. The predicted molar refractivity (Wildman–Crippen MR) is 95.0 cm³/mol. The van der Waals surface area contributed by atoms with Gasteiger partial charge in [0.2, 0.25) is 0 Å². The zero-order chi connectivity index (χ0) is 18.6. The van der Waals surface area contributed by atoms with Gasteiger partial charge >= 0.3 is 10.8 Å². The standard InChI is InChI=1S/C16H35NO7S/c1-2-3-4-5-6-7-8-9-10-20-11-12-21-13-14-22-15-16-23-25(18,19)24-17/h2-17H2,1H3/q+1. The molecular weight excluding hydrogens is 350 g/mol. The van der Waals surface area contributed by atoms with Gasteiger partial charge in [0.15, 0.2) is 0 Å². The first-order valence-electron chi connectivity index (χ1n) is 9.13. The number of hydrogen-bond acceptors (Lipinski definition) is 7. The zero-order valence-electron chi connectivity index (χ0n) is 15.4. The lowest BCUT2D eigenvalue weighted by molar-refractivity contribution is 0.00668. The van der Waals surface area contributed by atoms with Crippen molar-refractivity contribution in [2.24, 2.45) is 5.90 Å². The summed E-state index contributed by atoms with van der Waals surface area (Å²) in [6.07, 6.45) is 10.3. The van der Waals surface area contributed by atoms with Crippen molar-refractivity contribution in [1.29, 1.82) is 0 Å². The van der Waals surface area contributed by atoms with Crippen LogP contribution >= 0.6 is 0 Å². The Labute approximate surface area is 153 Å². The van der Waals surface area contributed by atoms with Crippen LogP contribution in [0.25, 0.3) is 0 Å². The van der Waals surface area contributed by atoms with Crippen molar-refractivity contribution in [3.05, 3.63) is 0 Å². The maximum atomic E-state index is 10.7. The molecule has 0 aliphatic rings. The molecule has 0 fully saturated rings. The lowest BCUT2D eigenvalue weighted by Crippen LogP contribution is -2.22. The van der Waals surface area contributed by atoms with E-state index in [1.807, 2.05) is 0 Å². The van der Waals surface area contributed by atoms with Crippen molar-refractivity contribution in [3.63, 3.8) is 0 Å². The van der Waals surface area contributed by atoms with Crippen molar-refractivity contribution in [2.45, 2.75) is 58.3 Å². The highest BCUT2D eigenvalue weighted by Crippen LogP contribution is 2.08.